The van der Waals surface area contributed by atoms with Crippen molar-refractivity contribution >= 4 is 15.9 Å². The molecule has 0 saturated heterocycles. The molecular weight excluding hydrogens is 281 g/mol. The average molecular weight is 286 g/mol. The molecule has 0 aliphatic rings. The maximum absolute atomic E-state index is 13.4. The van der Waals surface area contributed by atoms with E-state index in [0.29, 0.717) is 4.47 Å². The predicted octanol–water partition coefficient (Wildman–Crippen LogP) is 4.33. The number of halogens is 4. The first-order valence-electron chi connectivity index (χ1n) is 4.40. The van der Waals surface area contributed by atoms with Gasteiger partial charge < -0.3 is 0 Å². The Bertz CT molecular complexity index is 497. The third kappa shape index (κ3) is 2.11. The molecule has 0 spiro atoms. The maximum atomic E-state index is 13.4. The van der Waals surface area contributed by atoms with Crippen LogP contribution in [0.25, 0.3) is 11.1 Å². The summed E-state index contributed by atoms with van der Waals surface area (Å²) in [6, 6.07) is 8.28. The standard InChI is InChI=1S/C12H5BrF3/c13-8-4-7(5-9(14)6-8)12-10(15)2-1-3-11(12)16/h1-5H. The Hall–Kier alpha value is -1.29. The molecule has 0 saturated carbocycles. The summed E-state index contributed by atoms with van der Waals surface area (Å²) in [4.78, 5) is 0. The van der Waals surface area contributed by atoms with Crippen molar-refractivity contribution in [1.29, 1.82) is 0 Å². The highest BCUT2D eigenvalue weighted by Gasteiger charge is 2.12. The minimum atomic E-state index is -0.725. The molecule has 1 radical (unpaired) electrons. The van der Waals surface area contributed by atoms with Crippen LogP contribution in [-0.4, -0.2) is 0 Å². The molecule has 0 fully saturated rings. The molecular formula is C12H5BrF3. The zero-order valence-corrected chi connectivity index (χ0v) is 9.48. The van der Waals surface area contributed by atoms with Crippen LogP contribution in [-0.2, 0) is 0 Å². The number of hydrogen-bond acceptors (Lipinski definition) is 0. The van der Waals surface area contributed by atoms with Crippen molar-refractivity contribution in [2.75, 3.05) is 0 Å². The van der Waals surface area contributed by atoms with Crippen LogP contribution in [0.2, 0.25) is 0 Å². The number of rotatable bonds is 1. The van der Waals surface area contributed by atoms with Gasteiger partial charge in [0, 0.05) is 10.5 Å². The summed E-state index contributed by atoms with van der Waals surface area (Å²) < 4.78 is 40.2. The van der Waals surface area contributed by atoms with Crippen LogP contribution >= 0.6 is 15.9 Å². The molecule has 0 aromatic heterocycles. The molecule has 0 unspecified atom stereocenters. The van der Waals surface area contributed by atoms with Gasteiger partial charge in [-0.05, 0) is 29.8 Å². The van der Waals surface area contributed by atoms with Gasteiger partial charge in [0.1, 0.15) is 17.5 Å². The van der Waals surface area contributed by atoms with Gasteiger partial charge in [0.2, 0.25) is 0 Å². The predicted molar refractivity (Wildman–Crippen MR) is 58.3 cm³/mol. The van der Waals surface area contributed by atoms with Crippen molar-refractivity contribution < 1.29 is 13.2 Å². The third-order valence-corrected chi connectivity index (χ3v) is 2.48. The van der Waals surface area contributed by atoms with Gasteiger partial charge >= 0.3 is 0 Å². The van der Waals surface area contributed by atoms with E-state index in [2.05, 4.69) is 22.0 Å². The number of hydrogen-bond donors (Lipinski definition) is 0. The second-order valence-electron chi connectivity index (χ2n) is 3.16. The Kier molecular flexibility index (Phi) is 3.01. The fourth-order valence-electron chi connectivity index (χ4n) is 1.42. The molecule has 0 heterocycles. The van der Waals surface area contributed by atoms with E-state index in [4.69, 9.17) is 0 Å². The van der Waals surface area contributed by atoms with Crippen LogP contribution in [0.3, 0.4) is 0 Å². The zero-order valence-electron chi connectivity index (χ0n) is 7.90. The smallest absolute Gasteiger partial charge is 0.133 e. The van der Waals surface area contributed by atoms with Crippen LogP contribution in [0, 0.1) is 23.5 Å². The molecule has 2 aromatic rings. The SMILES string of the molecule is Fc1[c]c(Br)cc(-c2c(F)cccc2F)c1. The average Bonchev–Trinajstić information content (AvgIpc) is 2.15. The van der Waals surface area contributed by atoms with Crippen molar-refractivity contribution in [3.63, 3.8) is 0 Å². The van der Waals surface area contributed by atoms with Gasteiger partial charge in [0.05, 0.1) is 5.56 Å². The Balaban J connectivity index is 2.67. The first-order valence-corrected chi connectivity index (χ1v) is 5.20. The lowest BCUT2D eigenvalue weighted by Gasteiger charge is -2.05. The molecule has 0 aliphatic heterocycles. The van der Waals surface area contributed by atoms with Crippen LogP contribution in [0.4, 0.5) is 13.2 Å². The summed E-state index contributed by atoms with van der Waals surface area (Å²) in [7, 11) is 0. The van der Waals surface area contributed by atoms with Crippen LogP contribution in [0.5, 0.6) is 0 Å². The lowest BCUT2D eigenvalue weighted by molar-refractivity contribution is 0.588. The molecule has 16 heavy (non-hydrogen) atoms. The lowest BCUT2D eigenvalue weighted by Crippen LogP contribution is -1.90. The quantitative estimate of drug-likeness (QED) is 0.731. The summed E-state index contributed by atoms with van der Waals surface area (Å²) in [5.74, 6) is -2.12. The Morgan fingerprint density at radius 3 is 2.19 bits per heavy atom. The van der Waals surface area contributed by atoms with Gasteiger partial charge in [-0.3, -0.25) is 0 Å². The maximum Gasteiger partial charge on any atom is 0.133 e. The Morgan fingerprint density at radius 1 is 1.00 bits per heavy atom. The van der Waals surface area contributed by atoms with E-state index in [0.717, 1.165) is 18.2 Å². The topological polar surface area (TPSA) is 0 Å². The first-order chi connectivity index (χ1) is 7.58. The van der Waals surface area contributed by atoms with Crippen molar-refractivity contribution in [1.82, 2.24) is 0 Å². The van der Waals surface area contributed by atoms with Crippen molar-refractivity contribution in [2.45, 2.75) is 0 Å². The molecule has 0 atom stereocenters. The Labute approximate surface area is 98.9 Å². The summed E-state index contributed by atoms with van der Waals surface area (Å²) in [5, 5.41) is 0. The van der Waals surface area contributed by atoms with Gasteiger partial charge in [-0.15, -0.1) is 0 Å². The fourth-order valence-corrected chi connectivity index (χ4v) is 1.85. The van der Waals surface area contributed by atoms with Crippen molar-refractivity contribution in [2.24, 2.45) is 0 Å². The summed E-state index contributed by atoms with van der Waals surface area (Å²) in [6.45, 7) is 0. The van der Waals surface area contributed by atoms with Crippen LogP contribution < -0.4 is 0 Å². The molecule has 0 N–H and O–H groups in total. The van der Waals surface area contributed by atoms with E-state index < -0.39 is 17.5 Å². The zero-order chi connectivity index (χ0) is 11.7. The van der Waals surface area contributed by atoms with Crippen molar-refractivity contribution in [3.05, 3.63) is 58.3 Å². The number of benzene rings is 2. The minimum absolute atomic E-state index is 0.138. The van der Waals surface area contributed by atoms with Gasteiger partial charge in [0.15, 0.2) is 0 Å². The summed E-state index contributed by atoms with van der Waals surface area (Å²) in [5.41, 5.74) is -0.102. The van der Waals surface area contributed by atoms with E-state index in [-0.39, 0.29) is 11.1 Å². The molecule has 81 valence electrons. The molecule has 0 aliphatic carbocycles. The second kappa shape index (κ2) is 4.29. The second-order valence-corrected chi connectivity index (χ2v) is 4.02. The third-order valence-electron chi connectivity index (χ3n) is 2.05. The summed E-state index contributed by atoms with van der Waals surface area (Å²) >= 11 is 3.02. The fraction of sp³-hybridized carbons (Fsp3) is 0. The highest BCUT2D eigenvalue weighted by molar-refractivity contribution is 9.10. The van der Waals surface area contributed by atoms with Gasteiger partial charge in [-0.1, -0.05) is 22.0 Å². The summed E-state index contributed by atoms with van der Waals surface area (Å²) in [6.07, 6.45) is 0. The molecule has 2 rings (SSSR count). The van der Waals surface area contributed by atoms with Gasteiger partial charge in [0.25, 0.3) is 0 Å². The molecule has 0 bridgehead atoms. The largest absolute Gasteiger partial charge is 0.206 e. The van der Waals surface area contributed by atoms with Crippen LogP contribution in [0.15, 0.2) is 34.8 Å². The van der Waals surface area contributed by atoms with E-state index in [1.807, 2.05) is 0 Å². The molecule has 2 aromatic carbocycles. The molecule has 0 amide bonds. The molecule has 4 heteroatoms. The normalized spacial score (nSPS) is 10.5. The first kappa shape index (κ1) is 11.2. The highest BCUT2D eigenvalue weighted by atomic mass is 79.9. The van der Waals surface area contributed by atoms with E-state index in [1.165, 1.54) is 12.1 Å². The molecule has 0 nitrogen and oxygen atoms in total. The Morgan fingerprint density at radius 2 is 1.62 bits per heavy atom. The van der Waals surface area contributed by atoms with Crippen LogP contribution in [0.1, 0.15) is 0 Å². The van der Waals surface area contributed by atoms with Crippen molar-refractivity contribution in [3.8, 4) is 11.1 Å². The highest BCUT2D eigenvalue weighted by Crippen LogP contribution is 2.28. The minimum Gasteiger partial charge on any atom is -0.206 e. The van der Waals surface area contributed by atoms with E-state index >= 15 is 0 Å². The van der Waals surface area contributed by atoms with Gasteiger partial charge in [-0.25, -0.2) is 13.2 Å². The van der Waals surface area contributed by atoms with E-state index in [1.54, 1.807) is 0 Å². The van der Waals surface area contributed by atoms with Gasteiger partial charge in [-0.2, -0.15) is 0 Å². The lowest BCUT2D eigenvalue weighted by atomic mass is 10.0. The van der Waals surface area contributed by atoms with E-state index in [9.17, 15) is 13.2 Å². The monoisotopic (exact) mass is 285 g/mol.